The van der Waals surface area contributed by atoms with Crippen LogP contribution in [-0.2, 0) is 9.53 Å². The second-order valence-corrected chi connectivity index (χ2v) is 6.61. The molecule has 1 aliphatic rings. The first-order valence-corrected chi connectivity index (χ1v) is 9.17. The number of unbranched alkanes of at least 4 members (excludes halogenated alkanes) is 4. The molecule has 0 saturated carbocycles. The number of esters is 1. The molecule has 0 bridgehead atoms. The lowest BCUT2D eigenvalue weighted by Crippen LogP contribution is -2.41. The Morgan fingerprint density at radius 2 is 2.00 bits per heavy atom. The van der Waals surface area contributed by atoms with Gasteiger partial charge in [-0.15, -0.1) is 0 Å². The fraction of sp³-hybridized carbons (Fsp3) is 0.600. The molecule has 0 radical (unpaired) electrons. The summed E-state index contributed by atoms with van der Waals surface area (Å²) in [6.45, 7) is 5.24. The van der Waals surface area contributed by atoms with Gasteiger partial charge in [0.15, 0.2) is 0 Å². The highest BCUT2D eigenvalue weighted by molar-refractivity contribution is 5.97. The number of carbonyl (C=O) groups excluding carboxylic acids is 2. The molecule has 1 aromatic rings. The highest BCUT2D eigenvalue weighted by Gasteiger charge is 2.35. The molecule has 2 rings (SSSR count). The molecule has 1 atom stereocenters. The van der Waals surface area contributed by atoms with E-state index >= 15 is 0 Å². The zero-order valence-electron chi connectivity index (χ0n) is 14.9. The summed E-state index contributed by atoms with van der Waals surface area (Å²) in [6, 6.07) is 7.10. The van der Waals surface area contributed by atoms with Crippen LogP contribution in [0.1, 0.15) is 67.8 Å². The zero-order chi connectivity index (χ0) is 17.4. The van der Waals surface area contributed by atoms with Crippen LogP contribution in [0.25, 0.3) is 0 Å². The van der Waals surface area contributed by atoms with Crippen molar-refractivity contribution in [1.82, 2.24) is 4.90 Å². The Labute approximate surface area is 145 Å². The van der Waals surface area contributed by atoms with Crippen LogP contribution in [0, 0.1) is 6.92 Å². The van der Waals surface area contributed by atoms with Crippen LogP contribution in [0.2, 0.25) is 0 Å². The number of rotatable bonds is 8. The Kier molecular flexibility index (Phi) is 7.29. The van der Waals surface area contributed by atoms with Crippen LogP contribution in [0.4, 0.5) is 0 Å². The van der Waals surface area contributed by atoms with E-state index in [9.17, 15) is 9.59 Å². The third kappa shape index (κ3) is 5.08. The lowest BCUT2D eigenvalue weighted by atomic mass is 10.1. The highest BCUT2D eigenvalue weighted by atomic mass is 16.5. The number of hydrogen-bond acceptors (Lipinski definition) is 3. The molecule has 0 spiro atoms. The number of ether oxygens (including phenoxy) is 1. The second kappa shape index (κ2) is 9.45. The van der Waals surface area contributed by atoms with Crippen LogP contribution >= 0.6 is 0 Å². The van der Waals surface area contributed by atoms with E-state index in [1.807, 2.05) is 31.2 Å². The van der Waals surface area contributed by atoms with Crippen molar-refractivity contribution in [2.75, 3.05) is 13.2 Å². The predicted octanol–water partition coefficient (Wildman–Crippen LogP) is 4.11. The molecule has 1 saturated heterocycles. The van der Waals surface area contributed by atoms with Gasteiger partial charge in [-0.3, -0.25) is 4.79 Å². The zero-order valence-corrected chi connectivity index (χ0v) is 14.9. The summed E-state index contributed by atoms with van der Waals surface area (Å²) >= 11 is 0. The van der Waals surface area contributed by atoms with Crippen molar-refractivity contribution in [3.05, 3.63) is 35.4 Å². The summed E-state index contributed by atoms with van der Waals surface area (Å²) in [5.41, 5.74) is 1.69. The monoisotopic (exact) mass is 331 g/mol. The topological polar surface area (TPSA) is 46.6 Å². The molecule has 1 aromatic carbocycles. The van der Waals surface area contributed by atoms with Crippen LogP contribution < -0.4 is 0 Å². The first kappa shape index (κ1) is 18.5. The van der Waals surface area contributed by atoms with Gasteiger partial charge in [-0.2, -0.15) is 0 Å². The number of carbonyl (C=O) groups is 2. The largest absolute Gasteiger partial charge is 0.464 e. The van der Waals surface area contributed by atoms with Crippen LogP contribution in [-0.4, -0.2) is 36.0 Å². The van der Waals surface area contributed by atoms with E-state index in [4.69, 9.17) is 4.74 Å². The van der Waals surface area contributed by atoms with Crippen LogP contribution in [0.5, 0.6) is 0 Å². The van der Waals surface area contributed by atoms with E-state index in [1.165, 1.54) is 19.3 Å². The Morgan fingerprint density at radius 3 is 2.75 bits per heavy atom. The van der Waals surface area contributed by atoms with Gasteiger partial charge in [-0.1, -0.05) is 50.3 Å². The number of benzene rings is 1. The van der Waals surface area contributed by atoms with Crippen molar-refractivity contribution < 1.29 is 14.3 Å². The van der Waals surface area contributed by atoms with Gasteiger partial charge in [-0.25, -0.2) is 4.79 Å². The highest BCUT2D eigenvalue weighted by Crippen LogP contribution is 2.22. The van der Waals surface area contributed by atoms with Gasteiger partial charge in [0.1, 0.15) is 6.04 Å². The van der Waals surface area contributed by atoms with Gasteiger partial charge in [0.05, 0.1) is 6.61 Å². The summed E-state index contributed by atoms with van der Waals surface area (Å²) < 4.78 is 5.41. The van der Waals surface area contributed by atoms with Gasteiger partial charge >= 0.3 is 5.97 Å². The maximum atomic E-state index is 12.7. The number of amides is 1. The number of likely N-dealkylation sites (tertiary alicyclic amines) is 1. The van der Waals surface area contributed by atoms with Crippen LogP contribution in [0.3, 0.4) is 0 Å². The quantitative estimate of drug-likeness (QED) is 0.532. The van der Waals surface area contributed by atoms with Crippen molar-refractivity contribution in [1.29, 1.82) is 0 Å². The lowest BCUT2D eigenvalue weighted by Gasteiger charge is -2.23. The smallest absolute Gasteiger partial charge is 0.328 e. The SMILES string of the molecule is CCCCCCCOC(=O)C1CCCN1C(=O)c1cccc(C)c1. The van der Waals surface area contributed by atoms with Crippen molar-refractivity contribution >= 4 is 11.9 Å². The Balaban J connectivity index is 1.85. The van der Waals surface area contributed by atoms with Crippen molar-refractivity contribution in [3.63, 3.8) is 0 Å². The average Bonchev–Trinajstić information content (AvgIpc) is 3.07. The fourth-order valence-electron chi connectivity index (χ4n) is 3.17. The maximum Gasteiger partial charge on any atom is 0.328 e. The molecule has 1 amide bonds. The first-order chi connectivity index (χ1) is 11.6. The lowest BCUT2D eigenvalue weighted by molar-refractivity contribution is -0.148. The van der Waals surface area contributed by atoms with Gasteiger partial charge in [-0.05, 0) is 38.3 Å². The molecule has 1 aliphatic heterocycles. The summed E-state index contributed by atoms with van der Waals surface area (Å²) in [5, 5.41) is 0. The summed E-state index contributed by atoms with van der Waals surface area (Å²) in [4.78, 5) is 26.7. The van der Waals surface area contributed by atoms with E-state index in [1.54, 1.807) is 4.90 Å². The molecule has 1 heterocycles. The van der Waals surface area contributed by atoms with Gasteiger partial charge in [0.25, 0.3) is 5.91 Å². The Morgan fingerprint density at radius 1 is 1.21 bits per heavy atom. The minimum atomic E-state index is -0.423. The Hall–Kier alpha value is -1.84. The number of hydrogen-bond donors (Lipinski definition) is 0. The number of aryl methyl sites for hydroxylation is 1. The van der Waals surface area contributed by atoms with Crippen molar-refractivity contribution in [3.8, 4) is 0 Å². The van der Waals surface area contributed by atoms with Crippen molar-refractivity contribution in [2.45, 2.75) is 64.8 Å². The normalized spacial score (nSPS) is 17.1. The minimum absolute atomic E-state index is 0.0684. The number of nitrogens with zero attached hydrogens (tertiary/aromatic N) is 1. The molecule has 0 aliphatic carbocycles. The minimum Gasteiger partial charge on any atom is -0.464 e. The summed E-state index contributed by atoms with van der Waals surface area (Å²) in [6.07, 6.45) is 7.19. The summed E-state index contributed by atoms with van der Waals surface area (Å²) in [5.74, 6) is -0.315. The fourth-order valence-corrected chi connectivity index (χ4v) is 3.17. The van der Waals surface area contributed by atoms with Crippen molar-refractivity contribution in [2.24, 2.45) is 0 Å². The average molecular weight is 331 g/mol. The molecule has 4 nitrogen and oxygen atoms in total. The molecule has 132 valence electrons. The van der Waals surface area contributed by atoms with E-state index in [-0.39, 0.29) is 11.9 Å². The van der Waals surface area contributed by atoms with Gasteiger partial charge in [0, 0.05) is 12.1 Å². The third-order valence-corrected chi connectivity index (χ3v) is 4.54. The van der Waals surface area contributed by atoms with E-state index in [0.29, 0.717) is 25.1 Å². The van der Waals surface area contributed by atoms with E-state index in [2.05, 4.69) is 6.92 Å². The van der Waals surface area contributed by atoms with E-state index in [0.717, 1.165) is 24.8 Å². The molecule has 0 aromatic heterocycles. The van der Waals surface area contributed by atoms with E-state index < -0.39 is 6.04 Å². The molecule has 1 unspecified atom stereocenters. The molecule has 0 N–H and O–H groups in total. The molecule has 1 fully saturated rings. The van der Waals surface area contributed by atoms with Crippen LogP contribution in [0.15, 0.2) is 24.3 Å². The van der Waals surface area contributed by atoms with Gasteiger partial charge < -0.3 is 9.64 Å². The second-order valence-electron chi connectivity index (χ2n) is 6.61. The third-order valence-electron chi connectivity index (χ3n) is 4.54. The van der Waals surface area contributed by atoms with Gasteiger partial charge in [0.2, 0.25) is 0 Å². The molecule has 24 heavy (non-hydrogen) atoms. The summed E-state index contributed by atoms with van der Waals surface area (Å²) in [7, 11) is 0. The molecular formula is C20H29NO3. The maximum absolute atomic E-state index is 12.7. The predicted molar refractivity (Wildman–Crippen MR) is 95.0 cm³/mol. The molecule has 4 heteroatoms. The molecular weight excluding hydrogens is 302 g/mol. The standard InChI is InChI=1S/C20H29NO3/c1-3-4-5-6-7-14-24-20(23)18-12-9-13-21(18)19(22)17-11-8-10-16(2)15-17/h8,10-11,15,18H,3-7,9,12-14H2,1-2H3. The first-order valence-electron chi connectivity index (χ1n) is 9.17. The Bertz CT molecular complexity index is 556.